The zero-order chi connectivity index (χ0) is 19.6. The number of nitro groups is 1. The van der Waals surface area contributed by atoms with Gasteiger partial charge in [-0.1, -0.05) is 12.1 Å². The molecule has 1 aliphatic rings. The molecule has 1 N–H and O–H groups in total. The molecule has 8 nitrogen and oxygen atoms in total. The molecule has 0 spiro atoms. The number of fused-ring (bicyclic) bond motifs is 1. The Hall–Kier alpha value is -3.49. The quantitative estimate of drug-likeness (QED) is 0.639. The summed E-state index contributed by atoms with van der Waals surface area (Å²) >= 11 is 0. The Kier molecular flexibility index (Phi) is 5.02. The third-order valence-electron chi connectivity index (χ3n) is 4.12. The van der Waals surface area contributed by atoms with Crippen LogP contribution in [0.4, 0.5) is 15.8 Å². The predicted molar refractivity (Wildman–Crippen MR) is 93.9 cm³/mol. The third kappa shape index (κ3) is 4.02. The van der Waals surface area contributed by atoms with E-state index in [4.69, 9.17) is 4.74 Å². The predicted octanol–water partition coefficient (Wildman–Crippen LogP) is 2.08. The van der Waals surface area contributed by atoms with Gasteiger partial charge in [0, 0.05) is 18.7 Å². The van der Waals surface area contributed by atoms with Crippen molar-refractivity contribution in [1.82, 2.24) is 5.32 Å². The second kappa shape index (κ2) is 7.40. The fourth-order valence-corrected chi connectivity index (χ4v) is 2.62. The van der Waals surface area contributed by atoms with Crippen molar-refractivity contribution in [3.8, 4) is 5.75 Å². The molecule has 0 unspecified atom stereocenters. The van der Waals surface area contributed by atoms with Gasteiger partial charge in [-0.05, 0) is 30.2 Å². The zero-order valence-electron chi connectivity index (χ0n) is 14.4. The summed E-state index contributed by atoms with van der Waals surface area (Å²) in [5.41, 5.74) is 1.03. The molecule has 0 aliphatic carbocycles. The fraction of sp³-hybridized carbons (Fsp3) is 0.222. The topological polar surface area (TPSA) is 102 Å². The number of rotatable bonds is 5. The summed E-state index contributed by atoms with van der Waals surface area (Å²) in [7, 11) is 0. The summed E-state index contributed by atoms with van der Waals surface area (Å²) < 4.78 is 18.8. The standard InChI is InChI=1S/C18H16FN3O5/c1-11-2-3-12(6-14(11)19)8-20-17(23)9-21-15-7-13(22(25)26)4-5-16(15)27-10-18(21)24/h2-7H,8-10H2,1H3,(H,20,23). The lowest BCUT2D eigenvalue weighted by molar-refractivity contribution is -0.384. The van der Waals surface area contributed by atoms with E-state index in [1.54, 1.807) is 19.1 Å². The number of benzene rings is 2. The molecule has 140 valence electrons. The second-order valence-corrected chi connectivity index (χ2v) is 6.04. The Balaban J connectivity index is 1.72. The van der Waals surface area contributed by atoms with Gasteiger partial charge in [-0.3, -0.25) is 24.6 Å². The summed E-state index contributed by atoms with van der Waals surface area (Å²) in [6, 6.07) is 8.47. The Labute approximate surface area is 153 Å². The maximum atomic E-state index is 13.6. The minimum absolute atomic E-state index is 0.0936. The Morgan fingerprint density at radius 2 is 2.11 bits per heavy atom. The van der Waals surface area contributed by atoms with Crippen LogP contribution in [-0.2, 0) is 16.1 Å². The van der Waals surface area contributed by atoms with Gasteiger partial charge < -0.3 is 10.1 Å². The van der Waals surface area contributed by atoms with Gasteiger partial charge in [-0.15, -0.1) is 0 Å². The van der Waals surface area contributed by atoms with Crippen molar-refractivity contribution in [2.45, 2.75) is 13.5 Å². The number of aryl methyl sites for hydroxylation is 1. The minimum atomic E-state index is -0.594. The van der Waals surface area contributed by atoms with E-state index in [1.165, 1.54) is 24.3 Å². The van der Waals surface area contributed by atoms with Gasteiger partial charge in [-0.2, -0.15) is 0 Å². The number of anilines is 1. The number of carbonyl (C=O) groups is 2. The zero-order valence-corrected chi connectivity index (χ0v) is 14.4. The molecule has 0 radical (unpaired) electrons. The van der Waals surface area contributed by atoms with Gasteiger partial charge in [0.1, 0.15) is 18.1 Å². The van der Waals surface area contributed by atoms with Crippen molar-refractivity contribution in [3.63, 3.8) is 0 Å². The summed E-state index contributed by atoms with van der Waals surface area (Å²) in [5, 5.41) is 13.6. The molecule has 0 saturated carbocycles. The van der Waals surface area contributed by atoms with Gasteiger partial charge in [0.25, 0.3) is 11.6 Å². The average molecular weight is 373 g/mol. The van der Waals surface area contributed by atoms with Gasteiger partial charge in [0.15, 0.2) is 6.61 Å². The first-order valence-corrected chi connectivity index (χ1v) is 8.08. The second-order valence-electron chi connectivity index (χ2n) is 6.04. The molecular formula is C18H16FN3O5. The van der Waals surface area contributed by atoms with Crippen LogP contribution < -0.4 is 15.0 Å². The van der Waals surface area contributed by atoms with Gasteiger partial charge >= 0.3 is 0 Å². The molecule has 1 aliphatic heterocycles. The van der Waals surface area contributed by atoms with E-state index in [-0.39, 0.29) is 42.6 Å². The number of amides is 2. The summed E-state index contributed by atoms with van der Waals surface area (Å²) in [4.78, 5) is 35.9. The maximum Gasteiger partial charge on any atom is 0.271 e. The number of non-ortho nitro benzene ring substituents is 1. The van der Waals surface area contributed by atoms with E-state index in [1.807, 2.05) is 0 Å². The normalized spacial score (nSPS) is 13.0. The van der Waals surface area contributed by atoms with Crippen LogP contribution in [0.3, 0.4) is 0 Å². The van der Waals surface area contributed by atoms with Gasteiger partial charge in [0.2, 0.25) is 5.91 Å². The molecule has 2 aromatic carbocycles. The van der Waals surface area contributed by atoms with Crippen LogP contribution in [-0.4, -0.2) is 29.9 Å². The number of nitrogens with zero attached hydrogens (tertiary/aromatic N) is 2. The highest BCUT2D eigenvalue weighted by molar-refractivity contribution is 6.02. The summed E-state index contributed by atoms with van der Waals surface area (Å²) in [5.74, 6) is -1.05. The van der Waals surface area contributed by atoms with E-state index in [0.717, 1.165) is 4.90 Å². The summed E-state index contributed by atoms with van der Waals surface area (Å²) in [6.45, 7) is 1.14. The minimum Gasteiger partial charge on any atom is -0.482 e. The van der Waals surface area contributed by atoms with E-state index >= 15 is 0 Å². The largest absolute Gasteiger partial charge is 0.482 e. The number of hydrogen-bond donors (Lipinski definition) is 1. The molecule has 0 bridgehead atoms. The highest BCUT2D eigenvalue weighted by atomic mass is 19.1. The molecule has 2 amide bonds. The molecule has 0 fully saturated rings. The van der Waals surface area contributed by atoms with Crippen molar-refractivity contribution in [3.05, 3.63) is 63.5 Å². The fourth-order valence-electron chi connectivity index (χ4n) is 2.62. The smallest absolute Gasteiger partial charge is 0.271 e. The summed E-state index contributed by atoms with van der Waals surface area (Å²) in [6.07, 6.45) is 0. The number of ether oxygens (including phenoxy) is 1. The highest BCUT2D eigenvalue weighted by Gasteiger charge is 2.29. The molecular weight excluding hydrogens is 357 g/mol. The number of carbonyl (C=O) groups excluding carboxylic acids is 2. The molecule has 9 heteroatoms. The number of nitrogens with one attached hydrogen (secondary N) is 1. The highest BCUT2D eigenvalue weighted by Crippen LogP contribution is 2.35. The molecule has 0 saturated heterocycles. The van der Waals surface area contributed by atoms with Crippen molar-refractivity contribution in [2.24, 2.45) is 0 Å². The van der Waals surface area contributed by atoms with Crippen molar-refractivity contribution >= 4 is 23.2 Å². The third-order valence-corrected chi connectivity index (χ3v) is 4.12. The molecule has 2 aromatic rings. The Morgan fingerprint density at radius 3 is 2.81 bits per heavy atom. The Bertz CT molecular complexity index is 931. The Morgan fingerprint density at radius 1 is 1.33 bits per heavy atom. The van der Waals surface area contributed by atoms with Crippen LogP contribution in [0, 0.1) is 22.9 Å². The van der Waals surface area contributed by atoms with Crippen molar-refractivity contribution in [2.75, 3.05) is 18.1 Å². The van der Waals surface area contributed by atoms with Crippen LogP contribution in [0.15, 0.2) is 36.4 Å². The van der Waals surface area contributed by atoms with Crippen molar-refractivity contribution < 1.29 is 23.6 Å². The molecule has 1 heterocycles. The lowest BCUT2D eigenvalue weighted by Crippen LogP contribution is -2.45. The van der Waals surface area contributed by atoms with E-state index in [0.29, 0.717) is 11.1 Å². The molecule has 0 atom stereocenters. The van der Waals surface area contributed by atoms with Gasteiger partial charge in [0.05, 0.1) is 10.6 Å². The lowest BCUT2D eigenvalue weighted by Gasteiger charge is -2.28. The van der Waals surface area contributed by atoms with E-state index in [9.17, 15) is 24.1 Å². The number of nitro benzene ring substituents is 1. The lowest BCUT2D eigenvalue weighted by atomic mass is 10.1. The van der Waals surface area contributed by atoms with Crippen LogP contribution in [0.2, 0.25) is 0 Å². The van der Waals surface area contributed by atoms with Crippen molar-refractivity contribution in [1.29, 1.82) is 0 Å². The van der Waals surface area contributed by atoms with Crippen LogP contribution in [0.25, 0.3) is 0 Å². The van der Waals surface area contributed by atoms with E-state index in [2.05, 4.69) is 5.32 Å². The monoisotopic (exact) mass is 373 g/mol. The first-order valence-electron chi connectivity index (χ1n) is 8.08. The number of hydrogen-bond acceptors (Lipinski definition) is 5. The van der Waals surface area contributed by atoms with Crippen LogP contribution >= 0.6 is 0 Å². The molecule has 27 heavy (non-hydrogen) atoms. The maximum absolute atomic E-state index is 13.6. The number of halogens is 1. The van der Waals surface area contributed by atoms with Gasteiger partial charge in [-0.25, -0.2) is 4.39 Å². The van der Waals surface area contributed by atoms with Crippen LogP contribution in [0.5, 0.6) is 5.75 Å². The molecule has 3 rings (SSSR count). The average Bonchev–Trinajstić information content (AvgIpc) is 2.64. The first-order chi connectivity index (χ1) is 12.8. The SMILES string of the molecule is Cc1ccc(CNC(=O)CN2C(=O)COc3ccc([N+](=O)[O-])cc32)cc1F. The molecule has 0 aromatic heterocycles. The first kappa shape index (κ1) is 18.3. The van der Waals surface area contributed by atoms with Crippen LogP contribution in [0.1, 0.15) is 11.1 Å². The van der Waals surface area contributed by atoms with E-state index < -0.39 is 16.7 Å².